The Morgan fingerprint density at radius 2 is 1.36 bits per heavy atom. The van der Waals surface area contributed by atoms with E-state index in [2.05, 4.69) is 25.4 Å². The zero-order valence-electron chi connectivity index (χ0n) is 11.9. The molecule has 0 heterocycles. The molecular formula is C13H9BrF6O5. The molecule has 0 aliphatic carbocycles. The Bertz CT molecular complexity index is 611. The molecule has 25 heavy (non-hydrogen) atoms. The van der Waals surface area contributed by atoms with Crippen LogP contribution in [0, 0.1) is 0 Å². The topological polar surface area (TPSA) is 72.8 Å². The van der Waals surface area contributed by atoms with Crippen LogP contribution in [0.25, 0.3) is 0 Å². The number of aliphatic hydroxyl groups is 1. The molecule has 0 aliphatic rings. The molecule has 0 atom stereocenters. The highest BCUT2D eigenvalue weighted by Crippen LogP contribution is 2.43. The molecule has 1 rings (SSSR count). The number of benzene rings is 1. The van der Waals surface area contributed by atoms with Crippen LogP contribution < -0.4 is 0 Å². The van der Waals surface area contributed by atoms with Crippen molar-refractivity contribution in [1.82, 2.24) is 0 Å². The lowest BCUT2D eigenvalue weighted by Crippen LogP contribution is -2.63. The van der Waals surface area contributed by atoms with Gasteiger partial charge in [0, 0.05) is 4.47 Å². The van der Waals surface area contributed by atoms with E-state index in [1.807, 2.05) is 0 Å². The molecule has 1 N–H and O–H groups in total. The molecule has 0 spiro atoms. The fraction of sp³-hybridized carbons (Fsp3) is 0.385. The summed E-state index contributed by atoms with van der Waals surface area (Å²) in [7, 11) is 0. The van der Waals surface area contributed by atoms with Crippen LogP contribution in [0.5, 0.6) is 0 Å². The van der Waals surface area contributed by atoms with Crippen molar-refractivity contribution in [2.45, 2.75) is 18.0 Å². The second-order valence-corrected chi connectivity index (χ2v) is 5.40. The Morgan fingerprint density at radius 3 is 1.80 bits per heavy atom. The van der Waals surface area contributed by atoms with E-state index in [1.165, 1.54) is 24.3 Å². The molecule has 0 aliphatic heterocycles. The molecule has 140 valence electrons. The van der Waals surface area contributed by atoms with Gasteiger partial charge in [-0.25, -0.2) is 9.59 Å². The Balaban J connectivity index is 2.61. The summed E-state index contributed by atoms with van der Waals surface area (Å²) in [6.07, 6.45) is -12.7. The SMILES string of the molecule is O=C(OCCOC(=O)C(O)(C(F)(F)F)C(F)(F)F)c1ccc(Br)cc1. The largest absolute Gasteiger partial charge is 0.459 e. The Hall–Kier alpha value is -1.82. The third-order valence-corrected chi connectivity index (χ3v) is 3.27. The van der Waals surface area contributed by atoms with E-state index in [-0.39, 0.29) is 5.56 Å². The number of rotatable bonds is 5. The minimum Gasteiger partial charge on any atom is -0.459 e. The van der Waals surface area contributed by atoms with Gasteiger partial charge in [0.15, 0.2) is 0 Å². The van der Waals surface area contributed by atoms with Gasteiger partial charge in [0.2, 0.25) is 0 Å². The van der Waals surface area contributed by atoms with E-state index < -0.39 is 43.1 Å². The zero-order chi connectivity index (χ0) is 19.5. The summed E-state index contributed by atoms with van der Waals surface area (Å²) >= 11 is 3.11. The van der Waals surface area contributed by atoms with Gasteiger partial charge in [-0.05, 0) is 24.3 Å². The first kappa shape index (κ1) is 21.2. The summed E-state index contributed by atoms with van der Waals surface area (Å²) in [5, 5.41) is 8.73. The van der Waals surface area contributed by atoms with Gasteiger partial charge in [0.05, 0.1) is 5.56 Å². The van der Waals surface area contributed by atoms with Crippen molar-refractivity contribution in [2.24, 2.45) is 0 Å². The number of hydrogen-bond acceptors (Lipinski definition) is 5. The first-order valence-corrected chi connectivity index (χ1v) is 7.05. The van der Waals surface area contributed by atoms with Gasteiger partial charge in [-0.2, -0.15) is 26.3 Å². The first-order valence-electron chi connectivity index (χ1n) is 6.26. The normalized spacial score (nSPS) is 12.6. The molecule has 0 bridgehead atoms. The van der Waals surface area contributed by atoms with Crippen molar-refractivity contribution in [3.8, 4) is 0 Å². The predicted molar refractivity (Wildman–Crippen MR) is 72.4 cm³/mol. The van der Waals surface area contributed by atoms with Gasteiger partial charge >= 0.3 is 29.9 Å². The monoisotopic (exact) mass is 438 g/mol. The van der Waals surface area contributed by atoms with Crippen LogP contribution in [0.1, 0.15) is 10.4 Å². The lowest BCUT2D eigenvalue weighted by atomic mass is 10.0. The summed E-state index contributed by atoms with van der Waals surface area (Å²) in [6, 6.07) is 5.65. The molecule has 1 aromatic rings. The summed E-state index contributed by atoms with van der Waals surface area (Å²) in [5.74, 6) is -3.90. The molecule has 0 saturated carbocycles. The maximum absolute atomic E-state index is 12.4. The van der Waals surface area contributed by atoms with Crippen molar-refractivity contribution < 1.29 is 50.5 Å². The predicted octanol–water partition coefficient (Wildman–Crippen LogP) is 3.00. The van der Waals surface area contributed by atoms with Gasteiger partial charge in [-0.1, -0.05) is 15.9 Å². The third-order valence-electron chi connectivity index (χ3n) is 2.75. The molecule has 0 radical (unpaired) electrons. The molecule has 0 aromatic heterocycles. The highest BCUT2D eigenvalue weighted by Gasteiger charge is 2.76. The van der Waals surface area contributed by atoms with E-state index >= 15 is 0 Å². The quantitative estimate of drug-likeness (QED) is 0.434. The van der Waals surface area contributed by atoms with E-state index in [0.29, 0.717) is 4.47 Å². The molecular weight excluding hydrogens is 430 g/mol. The Morgan fingerprint density at radius 1 is 0.920 bits per heavy atom. The van der Waals surface area contributed by atoms with Crippen LogP contribution in [0.3, 0.4) is 0 Å². The summed E-state index contributed by atoms with van der Waals surface area (Å²) in [5.41, 5.74) is -5.62. The van der Waals surface area contributed by atoms with Gasteiger partial charge in [0.1, 0.15) is 13.2 Å². The van der Waals surface area contributed by atoms with Crippen molar-refractivity contribution in [3.63, 3.8) is 0 Å². The molecule has 0 saturated heterocycles. The fourth-order valence-electron chi connectivity index (χ4n) is 1.43. The van der Waals surface area contributed by atoms with Crippen molar-refractivity contribution >= 4 is 27.9 Å². The smallest absolute Gasteiger partial charge is 0.437 e. The zero-order valence-corrected chi connectivity index (χ0v) is 13.5. The average Bonchev–Trinajstić information content (AvgIpc) is 2.48. The molecule has 0 fully saturated rings. The number of halogens is 7. The van der Waals surface area contributed by atoms with Crippen molar-refractivity contribution in [3.05, 3.63) is 34.3 Å². The summed E-state index contributed by atoms with van der Waals surface area (Å²) < 4.78 is 83.2. The molecule has 12 heteroatoms. The number of carbonyl (C=O) groups is 2. The highest BCUT2D eigenvalue weighted by molar-refractivity contribution is 9.10. The van der Waals surface area contributed by atoms with Gasteiger partial charge in [-0.15, -0.1) is 0 Å². The molecule has 5 nitrogen and oxygen atoms in total. The van der Waals surface area contributed by atoms with Gasteiger partial charge < -0.3 is 14.6 Å². The lowest BCUT2D eigenvalue weighted by molar-refractivity contribution is -0.357. The van der Waals surface area contributed by atoms with E-state index in [4.69, 9.17) is 5.11 Å². The Labute approximate surface area is 144 Å². The average molecular weight is 439 g/mol. The van der Waals surface area contributed by atoms with Crippen LogP contribution in [-0.4, -0.2) is 48.2 Å². The van der Waals surface area contributed by atoms with E-state index in [1.54, 1.807) is 0 Å². The minimum absolute atomic E-state index is 0.0524. The maximum Gasteiger partial charge on any atom is 0.437 e. The lowest BCUT2D eigenvalue weighted by Gasteiger charge is -2.29. The van der Waals surface area contributed by atoms with Crippen molar-refractivity contribution in [2.75, 3.05) is 13.2 Å². The number of ether oxygens (including phenoxy) is 2. The standard InChI is InChI=1S/C13H9BrF6O5/c14-8-3-1-7(2-4-8)9(21)24-5-6-25-10(22)11(23,12(15,16)17)13(18,19)20/h1-4,23H,5-6H2. The highest BCUT2D eigenvalue weighted by atomic mass is 79.9. The van der Waals surface area contributed by atoms with Gasteiger partial charge in [-0.3, -0.25) is 0 Å². The van der Waals surface area contributed by atoms with Gasteiger partial charge in [0.25, 0.3) is 0 Å². The summed E-state index contributed by atoms with van der Waals surface area (Å²) in [6.45, 7) is -1.93. The number of esters is 2. The van der Waals surface area contributed by atoms with Crippen LogP contribution in [-0.2, 0) is 14.3 Å². The minimum atomic E-state index is -6.34. The van der Waals surface area contributed by atoms with E-state index in [0.717, 1.165) is 0 Å². The number of carbonyl (C=O) groups excluding carboxylic acids is 2. The molecule has 0 unspecified atom stereocenters. The maximum atomic E-state index is 12.4. The first-order chi connectivity index (χ1) is 11.3. The summed E-state index contributed by atoms with van der Waals surface area (Å²) in [4.78, 5) is 22.6. The number of hydrogen-bond donors (Lipinski definition) is 1. The Kier molecular flexibility index (Phi) is 6.45. The van der Waals surface area contributed by atoms with E-state index in [9.17, 15) is 35.9 Å². The molecule has 0 amide bonds. The third kappa shape index (κ3) is 4.84. The van der Waals surface area contributed by atoms with Crippen LogP contribution in [0.2, 0.25) is 0 Å². The van der Waals surface area contributed by atoms with Crippen LogP contribution in [0.4, 0.5) is 26.3 Å². The van der Waals surface area contributed by atoms with Crippen molar-refractivity contribution in [1.29, 1.82) is 0 Å². The second kappa shape index (κ2) is 7.60. The van der Waals surface area contributed by atoms with Crippen LogP contribution >= 0.6 is 15.9 Å². The van der Waals surface area contributed by atoms with Crippen LogP contribution in [0.15, 0.2) is 28.7 Å². The fourth-order valence-corrected chi connectivity index (χ4v) is 1.70. The number of alkyl halides is 6. The second-order valence-electron chi connectivity index (χ2n) is 4.48. The molecule has 1 aromatic carbocycles.